The van der Waals surface area contributed by atoms with Crippen LogP contribution in [0.15, 0.2) is 48.6 Å². The van der Waals surface area contributed by atoms with Crippen molar-refractivity contribution in [2.45, 2.75) is 37.9 Å². The molecule has 0 amide bonds. The predicted molar refractivity (Wildman–Crippen MR) is 83.4 cm³/mol. The molecule has 2 aromatic carbocycles. The molecule has 0 saturated carbocycles. The lowest BCUT2D eigenvalue weighted by Gasteiger charge is -2.18. The Hall–Kier alpha value is -1.86. The molecule has 1 nitrogen and oxygen atoms in total. The molecule has 1 heteroatoms. The molecule has 2 aliphatic heterocycles. The minimum atomic E-state index is 0.212. The summed E-state index contributed by atoms with van der Waals surface area (Å²) in [6.07, 6.45) is 9.36. The van der Waals surface area contributed by atoms with Gasteiger partial charge in [0.15, 0.2) is 0 Å². The second kappa shape index (κ2) is 4.32. The van der Waals surface area contributed by atoms with Crippen molar-refractivity contribution in [2.75, 3.05) is 0 Å². The van der Waals surface area contributed by atoms with E-state index in [0.717, 1.165) is 25.7 Å². The predicted octanol–water partition coefficient (Wildman–Crippen LogP) is 4.25. The van der Waals surface area contributed by atoms with Crippen LogP contribution < -0.4 is 0 Å². The van der Waals surface area contributed by atoms with Crippen LogP contribution in [-0.2, 0) is 30.4 Å². The zero-order valence-electron chi connectivity index (χ0n) is 12.0. The van der Waals surface area contributed by atoms with E-state index in [0.29, 0.717) is 0 Å². The van der Waals surface area contributed by atoms with Gasteiger partial charge in [-0.05, 0) is 59.1 Å². The van der Waals surface area contributed by atoms with Crippen LogP contribution in [0, 0.1) is 0 Å². The van der Waals surface area contributed by atoms with Crippen molar-refractivity contribution in [2.24, 2.45) is 0 Å². The number of benzene rings is 2. The third-order valence-electron chi connectivity index (χ3n) is 5.18. The van der Waals surface area contributed by atoms with Crippen LogP contribution in [-0.4, -0.2) is 0 Å². The van der Waals surface area contributed by atoms with Gasteiger partial charge in [0.25, 0.3) is 0 Å². The van der Waals surface area contributed by atoms with Gasteiger partial charge in [-0.1, -0.05) is 48.6 Å². The fourth-order valence-corrected chi connectivity index (χ4v) is 4.04. The van der Waals surface area contributed by atoms with Gasteiger partial charge in [-0.2, -0.15) is 0 Å². The van der Waals surface area contributed by atoms with Gasteiger partial charge in [0, 0.05) is 0 Å². The lowest BCUT2D eigenvalue weighted by atomic mass is 9.84. The molecule has 2 aromatic rings. The zero-order chi connectivity index (χ0) is 13.8. The number of hydrogen-bond acceptors (Lipinski definition) is 1. The maximum absolute atomic E-state index is 6.11. The van der Waals surface area contributed by atoms with Crippen molar-refractivity contribution < 1.29 is 4.74 Å². The monoisotopic (exact) mass is 274 g/mol. The van der Waals surface area contributed by atoms with Crippen molar-refractivity contribution in [1.82, 2.24) is 0 Å². The molecular formula is C20H18O. The third kappa shape index (κ3) is 1.74. The molecule has 2 atom stereocenters. The van der Waals surface area contributed by atoms with E-state index in [2.05, 4.69) is 48.6 Å². The minimum Gasteiger partial charge on any atom is -0.357 e. The van der Waals surface area contributed by atoms with Gasteiger partial charge < -0.3 is 4.74 Å². The first-order chi connectivity index (χ1) is 10.4. The van der Waals surface area contributed by atoms with Crippen molar-refractivity contribution >= 4 is 0 Å². The van der Waals surface area contributed by atoms with E-state index in [4.69, 9.17) is 4.74 Å². The maximum atomic E-state index is 6.11. The third-order valence-corrected chi connectivity index (χ3v) is 5.18. The Morgan fingerprint density at radius 2 is 1.10 bits per heavy atom. The summed E-state index contributed by atoms with van der Waals surface area (Å²) in [5.74, 6) is 0. The molecule has 0 aromatic heterocycles. The zero-order valence-corrected chi connectivity index (χ0v) is 12.0. The average molecular weight is 274 g/mol. The lowest BCUT2D eigenvalue weighted by molar-refractivity contribution is 0.0873. The smallest absolute Gasteiger partial charge is 0.103 e. The Labute approximate surface area is 125 Å². The molecule has 104 valence electrons. The highest BCUT2D eigenvalue weighted by atomic mass is 16.5. The molecule has 0 spiro atoms. The Balaban J connectivity index is 1.67. The first-order valence-electron chi connectivity index (χ1n) is 7.95. The van der Waals surface area contributed by atoms with E-state index in [1.807, 2.05) is 0 Å². The molecule has 0 saturated heterocycles. The van der Waals surface area contributed by atoms with E-state index < -0.39 is 0 Å². The molecule has 2 unspecified atom stereocenters. The summed E-state index contributed by atoms with van der Waals surface area (Å²) in [4.78, 5) is 0. The molecule has 2 heterocycles. The first kappa shape index (κ1) is 11.8. The highest BCUT2D eigenvalue weighted by Gasteiger charge is 2.37. The fraction of sp³-hybridized carbons (Fsp3) is 0.300. The first-order valence-corrected chi connectivity index (χ1v) is 7.95. The molecule has 0 radical (unpaired) electrons. The van der Waals surface area contributed by atoms with Crippen LogP contribution in [0.4, 0.5) is 0 Å². The summed E-state index contributed by atoms with van der Waals surface area (Å²) in [6.45, 7) is 0. The average Bonchev–Trinajstić information content (AvgIpc) is 3.12. The summed E-state index contributed by atoms with van der Waals surface area (Å²) in [5.41, 5.74) is 8.81. The van der Waals surface area contributed by atoms with Gasteiger partial charge in [-0.25, -0.2) is 0 Å². The molecule has 6 bridgehead atoms. The Kier molecular flexibility index (Phi) is 2.42. The Morgan fingerprint density at radius 1 is 0.619 bits per heavy atom. The lowest BCUT2D eigenvalue weighted by Crippen LogP contribution is -2.07. The van der Waals surface area contributed by atoms with Crippen LogP contribution in [0.3, 0.4) is 0 Å². The number of fused-ring (bicyclic) bond motifs is 2. The van der Waals surface area contributed by atoms with Crippen molar-refractivity contribution in [1.29, 1.82) is 0 Å². The highest BCUT2D eigenvalue weighted by molar-refractivity contribution is 5.52. The summed E-state index contributed by atoms with van der Waals surface area (Å²) in [6, 6.07) is 13.9. The molecule has 0 fully saturated rings. The maximum Gasteiger partial charge on any atom is 0.103 e. The summed E-state index contributed by atoms with van der Waals surface area (Å²) in [5, 5.41) is 0. The normalized spacial score (nSPS) is 25.0. The van der Waals surface area contributed by atoms with E-state index in [-0.39, 0.29) is 12.2 Å². The Bertz CT molecular complexity index is 677. The minimum absolute atomic E-state index is 0.212. The molecule has 6 aliphatic rings. The topological polar surface area (TPSA) is 9.23 Å². The number of ether oxygens (including phenoxy) is 1. The van der Waals surface area contributed by atoms with Crippen LogP contribution in [0.25, 0.3) is 0 Å². The highest BCUT2D eigenvalue weighted by Crippen LogP contribution is 2.49. The van der Waals surface area contributed by atoms with Crippen molar-refractivity contribution in [3.63, 3.8) is 0 Å². The van der Waals surface area contributed by atoms with E-state index >= 15 is 0 Å². The Morgan fingerprint density at radius 3 is 1.57 bits per heavy atom. The summed E-state index contributed by atoms with van der Waals surface area (Å²) < 4.78 is 6.11. The van der Waals surface area contributed by atoms with Crippen LogP contribution in [0.1, 0.15) is 45.6 Å². The number of hydrogen-bond donors (Lipinski definition) is 0. The molecule has 21 heavy (non-hydrogen) atoms. The van der Waals surface area contributed by atoms with Crippen molar-refractivity contribution in [3.8, 4) is 0 Å². The molecule has 0 N–H and O–H groups in total. The summed E-state index contributed by atoms with van der Waals surface area (Å²) >= 11 is 0. The largest absolute Gasteiger partial charge is 0.357 e. The molecule has 4 aliphatic carbocycles. The number of aryl methyl sites for hydroxylation is 4. The van der Waals surface area contributed by atoms with E-state index in [1.165, 1.54) is 33.4 Å². The van der Waals surface area contributed by atoms with Crippen LogP contribution in [0.5, 0.6) is 0 Å². The van der Waals surface area contributed by atoms with Gasteiger partial charge in [-0.15, -0.1) is 0 Å². The van der Waals surface area contributed by atoms with Crippen molar-refractivity contribution in [3.05, 3.63) is 81.9 Å². The quantitative estimate of drug-likeness (QED) is 0.652. The fourth-order valence-electron chi connectivity index (χ4n) is 4.04. The number of rotatable bonds is 0. The SMILES string of the molecule is C1=CC2OC1c1c3ccc(c12)CCc1ccc(cc1)CC3. The summed E-state index contributed by atoms with van der Waals surface area (Å²) in [7, 11) is 0. The van der Waals surface area contributed by atoms with Gasteiger partial charge in [0.2, 0.25) is 0 Å². The van der Waals surface area contributed by atoms with Crippen LogP contribution in [0.2, 0.25) is 0 Å². The van der Waals surface area contributed by atoms with Gasteiger partial charge >= 0.3 is 0 Å². The molecule has 8 rings (SSSR count). The van der Waals surface area contributed by atoms with E-state index in [9.17, 15) is 0 Å². The second-order valence-electron chi connectivity index (χ2n) is 6.39. The van der Waals surface area contributed by atoms with Gasteiger partial charge in [0.1, 0.15) is 12.2 Å². The van der Waals surface area contributed by atoms with Gasteiger partial charge in [0.05, 0.1) is 0 Å². The van der Waals surface area contributed by atoms with Crippen LogP contribution >= 0.6 is 0 Å². The van der Waals surface area contributed by atoms with E-state index in [1.54, 1.807) is 0 Å². The molecular weight excluding hydrogens is 256 g/mol. The van der Waals surface area contributed by atoms with Gasteiger partial charge in [-0.3, -0.25) is 0 Å². The standard InChI is InChI=1S/C20H18O/c1-2-14-4-3-13(1)5-7-15-9-10-16(8-6-14)20-18-12-11-17(21-18)19(15)20/h1-4,9-12,17-18H,5-8H2. The second-order valence-corrected chi connectivity index (χ2v) is 6.39.